The molecule has 2 rings (SSSR count). The molecule has 0 aromatic heterocycles. The first-order valence-corrected chi connectivity index (χ1v) is 10.6. The number of hydrogen-bond donors (Lipinski definition) is 1. The first kappa shape index (κ1) is 20.7. The molecule has 0 saturated heterocycles. The third-order valence-electron chi connectivity index (χ3n) is 6.11. The summed E-state index contributed by atoms with van der Waals surface area (Å²) < 4.78 is 0. The van der Waals surface area contributed by atoms with Gasteiger partial charge in [-0.1, -0.05) is 51.4 Å². The summed E-state index contributed by atoms with van der Waals surface area (Å²) in [6.45, 7) is 13.9. The van der Waals surface area contributed by atoms with Gasteiger partial charge in [-0.2, -0.15) is 0 Å². The summed E-state index contributed by atoms with van der Waals surface area (Å²) in [6, 6.07) is 9.03. The highest BCUT2D eigenvalue weighted by atomic mass is 35.5. The first-order chi connectivity index (χ1) is 11.9. The van der Waals surface area contributed by atoms with Gasteiger partial charge in [-0.25, -0.2) is 0 Å². The van der Waals surface area contributed by atoms with Crippen molar-refractivity contribution < 1.29 is 0 Å². The number of nitrogens with one attached hydrogen (secondary N) is 1. The van der Waals surface area contributed by atoms with Crippen LogP contribution in [-0.4, -0.2) is 24.0 Å². The fourth-order valence-electron chi connectivity index (χ4n) is 4.31. The number of hydrogen-bond acceptors (Lipinski definition) is 2. The summed E-state index contributed by atoms with van der Waals surface area (Å²) in [6.07, 6.45) is 6.22. The highest BCUT2D eigenvalue weighted by Gasteiger charge is 2.36. The van der Waals surface area contributed by atoms with Gasteiger partial charge in [-0.3, -0.25) is 10.2 Å². The van der Waals surface area contributed by atoms with Gasteiger partial charge in [0.05, 0.1) is 5.66 Å². The molecule has 2 nitrogen and oxygen atoms in total. The molecule has 4 unspecified atom stereocenters. The van der Waals surface area contributed by atoms with Gasteiger partial charge in [0.15, 0.2) is 0 Å². The van der Waals surface area contributed by atoms with Crippen LogP contribution in [0.25, 0.3) is 0 Å². The van der Waals surface area contributed by atoms with Crippen molar-refractivity contribution in [3.63, 3.8) is 0 Å². The topological polar surface area (TPSA) is 15.3 Å². The lowest BCUT2D eigenvalue weighted by molar-refractivity contribution is 0.0412. The SMILES string of the molecule is CCCN(CCC)C(C)(NC1CCC(C)C(C)C1)c1ccc(Cl)cc1. The highest BCUT2D eigenvalue weighted by molar-refractivity contribution is 6.30. The smallest absolute Gasteiger partial charge is 0.0948 e. The van der Waals surface area contributed by atoms with Crippen LogP contribution < -0.4 is 5.32 Å². The Morgan fingerprint density at radius 1 is 1.04 bits per heavy atom. The Hall–Kier alpha value is -0.570. The van der Waals surface area contributed by atoms with Gasteiger partial charge in [0.25, 0.3) is 0 Å². The van der Waals surface area contributed by atoms with E-state index in [0.29, 0.717) is 6.04 Å². The Morgan fingerprint density at radius 3 is 2.16 bits per heavy atom. The molecule has 1 aliphatic rings. The first-order valence-electron chi connectivity index (χ1n) is 10.2. The molecule has 0 radical (unpaired) electrons. The number of rotatable bonds is 8. The van der Waals surface area contributed by atoms with Crippen LogP contribution in [0.15, 0.2) is 24.3 Å². The molecule has 1 aliphatic carbocycles. The predicted octanol–water partition coefficient (Wildman–Crippen LogP) is 6.05. The standard InChI is InChI=1S/C22H37ClN2/c1-6-14-25(15-7-2)22(5,19-9-11-20(23)12-10-19)24-21-13-8-17(3)18(4)16-21/h9-12,17-18,21,24H,6-8,13-16H2,1-5H3. The fraction of sp³-hybridized carbons (Fsp3) is 0.727. The summed E-state index contributed by atoms with van der Waals surface area (Å²) in [5, 5.41) is 4.88. The van der Waals surface area contributed by atoms with Gasteiger partial charge >= 0.3 is 0 Å². The van der Waals surface area contributed by atoms with Gasteiger partial charge in [0.2, 0.25) is 0 Å². The summed E-state index contributed by atoms with van der Waals surface area (Å²) in [4.78, 5) is 2.62. The maximum absolute atomic E-state index is 6.16. The maximum atomic E-state index is 6.16. The Labute approximate surface area is 160 Å². The number of nitrogens with zero attached hydrogens (tertiary/aromatic N) is 1. The van der Waals surface area contributed by atoms with E-state index in [9.17, 15) is 0 Å². The normalized spacial score (nSPS) is 26.6. The van der Waals surface area contributed by atoms with E-state index in [-0.39, 0.29) is 5.66 Å². The van der Waals surface area contributed by atoms with Gasteiger partial charge in [0, 0.05) is 11.1 Å². The van der Waals surface area contributed by atoms with Crippen LogP contribution in [0.2, 0.25) is 5.02 Å². The molecule has 1 saturated carbocycles. The van der Waals surface area contributed by atoms with Crippen LogP contribution in [-0.2, 0) is 5.66 Å². The minimum atomic E-state index is -0.137. The molecule has 1 aromatic rings. The highest BCUT2D eigenvalue weighted by Crippen LogP contribution is 2.34. The third-order valence-corrected chi connectivity index (χ3v) is 6.36. The van der Waals surface area contributed by atoms with Crippen LogP contribution in [0.5, 0.6) is 0 Å². The van der Waals surface area contributed by atoms with Crippen molar-refractivity contribution in [3.05, 3.63) is 34.9 Å². The molecule has 0 heterocycles. The lowest BCUT2D eigenvalue weighted by atomic mass is 9.78. The molecule has 1 fully saturated rings. The van der Waals surface area contributed by atoms with E-state index in [4.69, 9.17) is 11.6 Å². The summed E-state index contributed by atoms with van der Waals surface area (Å²) in [5.74, 6) is 1.65. The van der Waals surface area contributed by atoms with E-state index in [1.54, 1.807) is 0 Å². The van der Waals surface area contributed by atoms with Gasteiger partial charge in [0.1, 0.15) is 0 Å². The van der Waals surface area contributed by atoms with E-state index in [1.165, 1.54) is 37.7 Å². The Kier molecular flexibility index (Phi) is 7.79. The molecule has 25 heavy (non-hydrogen) atoms. The van der Waals surface area contributed by atoms with Crippen LogP contribution in [0.1, 0.15) is 72.3 Å². The van der Waals surface area contributed by atoms with Crippen molar-refractivity contribution in [1.29, 1.82) is 0 Å². The molecular formula is C22H37ClN2. The molecule has 4 atom stereocenters. The minimum absolute atomic E-state index is 0.137. The molecule has 0 aliphatic heterocycles. The van der Waals surface area contributed by atoms with Crippen LogP contribution >= 0.6 is 11.6 Å². The summed E-state index contributed by atoms with van der Waals surface area (Å²) >= 11 is 6.16. The molecule has 0 amide bonds. The monoisotopic (exact) mass is 364 g/mol. The Morgan fingerprint density at radius 2 is 1.64 bits per heavy atom. The number of halogens is 1. The average Bonchev–Trinajstić information content (AvgIpc) is 2.58. The molecule has 3 heteroatoms. The zero-order valence-corrected chi connectivity index (χ0v) is 17.6. The van der Waals surface area contributed by atoms with Gasteiger partial charge < -0.3 is 0 Å². The zero-order valence-electron chi connectivity index (χ0n) is 16.8. The largest absolute Gasteiger partial charge is 0.293 e. The van der Waals surface area contributed by atoms with Crippen molar-refractivity contribution in [2.24, 2.45) is 11.8 Å². The van der Waals surface area contributed by atoms with Crippen molar-refractivity contribution in [2.75, 3.05) is 13.1 Å². The molecule has 1 N–H and O–H groups in total. The number of benzene rings is 1. The van der Waals surface area contributed by atoms with Gasteiger partial charge in [-0.05, 0) is 81.6 Å². The quantitative estimate of drug-likeness (QED) is 0.565. The van der Waals surface area contributed by atoms with E-state index in [0.717, 1.165) is 29.9 Å². The Bertz CT molecular complexity index is 509. The lowest BCUT2D eigenvalue weighted by Crippen LogP contribution is -2.58. The van der Waals surface area contributed by atoms with Gasteiger partial charge in [-0.15, -0.1) is 0 Å². The second-order valence-electron chi connectivity index (χ2n) is 8.18. The van der Waals surface area contributed by atoms with E-state index in [2.05, 4.69) is 57.0 Å². The van der Waals surface area contributed by atoms with Crippen molar-refractivity contribution >= 4 is 11.6 Å². The zero-order chi connectivity index (χ0) is 18.4. The van der Waals surface area contributed by atoms with Crippen molar-refractivity contribution in [1.82, 2.24) is 10.2 Å². The van der Waals surface area contributed by atoms with Crippen molar-refractivity contribution in [3.8, 4) is 0 Å². The lowest BCUT2D eigenvalue weighted by Gasteiger charge is -2.46. The Balaban J connectivity index is 2.28. The minimum Gasteiger partial charge on any atom is -0.293 e. The second-order valence-corrected chi connectivity index (χ2v) is 8.61. The van der Waals surface area contributed by atoms with Crippen LogP contribution in [0.4, 0.5) is 0 Å². The van der Waals surface area contributed by atoms with E-state index < -0.39 is 0 Å². The van der Waals surface area contributed by atoms with Crippen LogP contribution in [0, 0.1) is 11.8 Å². The maximum Gasteiger partial charge on any atom is 0.0948 e. The molecular weight excluding hydrogens is 328 g/mol. The summed E-state index contributed by atoms with van der Waals surface area (Å²) in [7, 11) is 0. The molecule has 142 valence electrons. The second kappa shape index (κ2) is 9.39. The third kappa shape index (κ3) is 5.21. The average molecular weight is 365 g/mol. The predicted molar refractivity (Wildman–Crippen MR) is 110 cm³/mol. The van der Waals surface area contributed by atoms with E-state index in [1.807, 2.05) is 12.1 Å². The fourth-order valence-corrected chi connectivity index (χ4v) is 4.43. The summed E-state index contributed by atoms with van der Waals surface area (Å²) in [5.41, 5.74) is 1.19. The van der Waals surface area contributed by atoms with Crippen molar-refractivity contribution in [2.45, 2.75) is 78.4 Å². The molecule has 0 spiro atoms. The molecule has 1 aromatic carbocycles. The van der Waals surface area contributed by atoms with Crippen LogP contribution in [0.3, 0.4) is 0 Å². The van der Waals surface area contributed by atoms with E-state index >= 15 is 0 Å². The molecule has 0 bridgehead atoms.